The van der Waals surface area contributed by atoms with Crippen molar-refractivity contribution >= 4 is 0 Å². The average Bonchev–Trinajstić information content (AvgIpc) is 2.98. The van der Waals surface area contributed by atoms with Crippen molar-refractivity contribution in [1.29, 1.82) is 0 Å². The monoisotopic (exact) mass is 245 g/mol. The molecule has 2 atom stereocenters. The number of rotatable bonds is 2. The molecule has 94 valence electrons. The van der Waals surface area contributed by atoms with Gasteiger partial charge in [0.1, 0.15) is 5.75 Å². The Kier molecular flexibility index (Phi) is 2.76. The van der Waals surface area contributed by atoms with Crippen LogP contribution in [0.4, 0.5) is 0 Å². The fraction of sp³-hybridized carbons (Fsp3) is 0.385. The number of aromatic hydroxyl groups is 1. The second-order valence-corrected chi connectivity index (χ2v) is 4.77. The normalized spacial score (nSPS) is 23.4. The first-order chi connectivity index (χ1) is 8.72. The number of hydrogen-bond donors (Lipinski definition) is 2. The molecule has 1 aliphatic carbocycles. The lowest BCUT2D eigenvalue weighted by molar-refractivity contribution is 0.353. The molecule has 3 N–H and O–H groups in total. The lowest BCUT2D eigenvalue weighted by Gasteiger charge is -2.01. The minimum atomic E-state index is 0.226. The molecule has 5 heteroatoms. The van der Waals surface area contributed by atoms with Gasteiger partial charge in [-0.2, -0.15) is 4.98 Å². The first-order valence-corrected chi connectivity index (χ1v) is 6.11. The zero-order valence-corrected chi connectivity index (χ0v) is 9.91. The topological polar surface area (TPSA) is 85.2 Å². The number of nitrogens with two attached hydrogens (primary N) is 1. The molecule has 1 aliphatic rings. The van der Waals surface area contributed by atoms with E-state index >= 15 is 0 Å². The van der Waals surface area contributed by atoms with Crippen molar-refractivity contribution in [2.75, 3.05) is 0 Å². The Morgan fingerprint density at radius 3 is 2.67 bits per heavy atom. The molecule has 1 fully saturated rings. The highest BCUT2D eigenvalue weighted by Crippen LogP contribution is 2.33. The quantitative estimate of drug-likeness (QED) is 0.845. The van der Waals surface area contributed by atoms with Gasteiger partial charge in [-0.15, -0.1) is 0 Å². The van der Waals surface area contributed by atoms with Crippen LogP contribution in [0.5, 0.6) is 5.75 Å². The van der Waals surface area contributed by atoms with Gasteiger partial charge in [0, 0.05) is 17.5 Å². The third-order valence-electron chi connectivity index (χ3n) is 3.39. The zero-order valence-electron chi connectivity index (χ0n) is 9.91. The maximum absolute atomic E-state index is 9.23. The van der Waals surface area contributed by atoms with E-state index in [1.807, 2.05) is 0 Å². The third-order valence-corrected chi connectivity index (χ3v) is 3.39. The summed E-state index contributed by atoms with van der Waals surface area (Å²) in [6, 6.07) is 7.00. The molecule has 18 heavy (non-hydrogen) atoms. The first kappa shape index (κ1) is 11.2. The van der Waals surface area contributed by atoms with E-state index in [2.05, 4.69) is 10.1 Å². The zero-order chi connectivity index (χ0) is 12.5. The molecule has 2 aromatic rings. The van der Waals surface area contributed by atoms with E-state index in [1.54, 1.807) is 24.3 Å². The van der Waals surface area contributed by atoms with E-state index in [-0.39, 0.29) is 11.8 Å². The maximum atomic E-state index is 9.23. The van der Waals surface area contributed by atoms with E-state index in [9.17, 15) is 5.11 Å². The van der Waals surface area contributed by atoms with Gasteiger partial charge in [0.15, 0.2) is 0 Å². The van der Waals surface area contributed by atoms with Crippen molar-refractivity contribution in [3.05, 3.63) is 30.2 Å². The third kappa shape index (κ3) is 2.09. The van der Waals surface area contributed by atoms with Crippen LogP contribution in [0.3, 0.4) is 0 Å². The van der Waals surface area contributed by atoms with Crippen LogP contribution in [0.1, 0.15) is 31.1 Å². The van der Waals surface area contributed by atoms with Crippen LogP contribution in [-0.4, -0.2) is 21.3 Å². The van der Waals surface area contributed by atoms with Gasteiger partial charge in [-0.05, 0) is 43.5 Å². The molecule has 3 rings (SSSR count). The highest BCUT2D eigenvalue weighted by Gasteiger charge is 2.27. The van der Waals surface area contributed by atoms with E-state index < -0.39 is 0 Å². The molecule has 0 aliphatic heterocycles. The van der Waals surface area contributed by atoms with Crippen LogP contribution in [0.2, 0.25) is 0 Å². The number of aromatic nitrogens is 2. The Morgan fingerprint density at radius 1 is 1.22 bits per heavy atom. The molecule has 1 heterocycles. The molecule has 1 saturated carbocycles. The highest BCUT2D eigenvalue weighted by atomic mass is 16.5. The van der Waals surface area contributed by atoms with Crippen LogP contribution in [0, 0.1) is 0 Å². The van der Waals surface area contributed by atoms with Crippen molar-refractivity contribution in [3.8, 4) is 17.1 Å². The molecule has 0 saturated heterocycles. The van der Waals surface area contributed by atoms with Crippen molar-refractivity contribution in [2.24, 2.45) is 5.73 Å². The van der Waals surface area contributed by atoms with Gasteiger partial charge < -0.3 is 15.4 Å². The average molecular weight is 245 g/mol. The summed E-state index contributed by atoms with van der Waals surface area (Å²) in [6.45, 7) is 0. The Bertz CT molecular complexity index is 535. The van der Waals surface area contributed by atoms with Gasteiger partial charge in [-0.3, -0.25) is 0 Å². The predicted molar refractivity (Wildman–Crippen MR) is 66.0 cm³/mol. The minimum Gasteiger partial charge on any atom is -0.508 e. The summed E-state index contributed by atoms with van der Waals surface area (Å²) in [5.41, 5.74) is 6.72. The molecule has 0 radical (unpaired) electrons. The summed E-state index contributed by atoms with van der Waals surface area (Å²) in [7, 11) is 0. The highest BCUT2D eigenvalue weighted by molar-refractivity contribution is 5.55. The number of nitrogens with zero attached hydrogens (tertiary/aromatic N) is 2. The lowest BCUT2D eigenvalue weighted by Crippen LogP contribution is -2.14. The largest absolute Gasteiger partial charge is 0.508 e. The van der Waals surface area contributed by atoms with E-state index in [0.29, 0.717) is 17.6 Å². The minimum absolute atomic E-state index is 0.226. The van der Waals surface area contributed by atoms with Crippen molar-refractivity contribution in [1.82, 2.24) is 10.1 Å². The molecule has 5 nitrogen and oxygen atoms in total. The number of phenols is 1. The smallest absolute Gasteiger partial charge is 0.230 e. The van der Waals surface area contributed by atoms with Crippen LogP contribution in [0.25, 0.3) is 11.4 Å². The Hall–Kier alpha value is -1.88. The molecule has 2 unspecified atom stereocenters. The van der Waals surface area contributed by atoms with Gasteiger partial charge in [-0.25, -0.2) is 0 Å². The fourth-order valence-corrected chi connectivity index (χ4v) is 2.37. The second kappa shape index (κ2) is 4.42. The Balaban J connectivity index is 1.83. The van der Waals surface area contributed by atoms with Crippen LogP contribution < -0.4 is 5.73 Å². The molecule has 1 aromatic heterocycles. The summed E-state index contributed by atoms with van der Waals surface area (Å²) in [5, 5.41) is 13.2. The van der Waals surface area contributed by atoms with Gasteiger partial charge in [0.2, 0.25) is 11.7 Å². The number of hydrogen-bond acceptors (Lipinski definition) is 5. The fourth-order valence-electron chi connectivity index (χ4n) is 2.37. The van der Waals surface area contributed by atoms with Gasteiger partial charge in [-0.1, -0.05) is 5.16 Å². The van der Waals surface area contributed by atoms with Crippen molar-refractivity contribution in [2.45, 2.75) is 31.2 Å². The van der Waals surface area contributed by atoms with E-state index in [4.69, 9.17) is 10.3 Å². The summed E-state index contributed by atoms with van der Waals surface area (Å²) in [5.74, 6) is 1.75. The molecule has 0 amide bonds. The van der Waals surface area contributed by atoms with E-state index in [0.717, 1.165) is 24.8 Å². The maximum Gasteiger partial charge on any atom is 0.230 e. The Morgan fingerprint density at radius 2 is 2.00 bits per heavy atom. The number of benzene rings is 1. The predicted octanol–water partition coefficient (Wildman–Crippen LogP) is 2.04. The van der Waals surface area contributed by atoms with Gasteiger partial charge in [0.25, 0.3) is 0 Å². The van der Waals surface area contributed by atoms with Crippen LogP contribution >= 0.6 is 0 Å². The lowest BCUT2D eigenvalue weighted by atomic mass is 10.1. The molecule has 0 bridgehead atoms. The SMILES string of the molecule is NC1CCC(c2nc(-c3ccc(O)cc3)no2)C1. The van der Waals surface area contributed by atoms with Crippen LogP contribution in [-0.2, 0) is 0 Å². The van der Waals surface area contributed by atoms with E-state index in [1.165, 1.54) is 0 Å². The summed E-state index contributed by atoms with van der Waals surface area (Å²) in [4.78, 5) is 4.41. The van der Waals surface area contributed by atoms with Gasteiger partial charge >= 0.3 is 0 Å². The Labute approximate surface area is 105 Å². The second-order valence-electron chi connectivity index (χ2n) is 4.77. The summed E-state index contributed by atoms with van der Waals surface area (Å²) >= 11 is 0. The molecular formula is C13H15N3O2. The standard InChI is InChI=1S/C13H15N3O2/c14-10-4-1-9(7-10)13-15-12(16-18-13)8-2-5-11(17)6-3-8/h2-3,5-6,9-10,17H,1,4,7,14H2. The van der Waals surface area contributed by atoms with Gasteiger partial charge in [0.05, 0.1) is 0 Å². The van der Waals surface area contributed by atoms with Crippen molar-refractivity contribution < 1.29 is 9.63 Å². The summed E-state index contributed by atoms with van der Waals surface area (Å²) < 4.78 is 5.30. The van der Waals surface area contributed by atoms with Crippen molar-refractivity contribution in [3.63, 3.8) is 0 Å². The molecular weight excluding hydrogens is 230 g/mol. The van der Waals surface area contributed by atoms with Crippen LogP contribution in [0.15, 0.2) is 28.8 Å². The molecule has 1 aromatic carbocycles. The first-order valence-electron chi connectivity index (χ1n) is 6.11. The number of phenolic OH excluding ortho intramolecular Hbond substituents is 1. The molecule has 0 spiro atoms. The summed E-state index contributed by atoms with van der Waals surface area (Å²) in [6.07, 6.45) is 2.94.